The average molecular weight is 395 g/mol. The highest BCUT2D eigenvalue weighted by Gasteiger charge is 2.36. The quantitative estimate of drug-likeness (QED) is 0.761. The SMILES string of the molecule is CCCN1CCC(NC(=O)c2ccc3c(c2)C(=O)N(Cc2ccco2)C3=O)CC1. The molecule has 0 aliphatic carbocycles. The normalized spacial score (nSPS) is 17.6. The van der Waals surface area contributed by atoms with E-state index in [-0.39, 0.29) is 30.0 Å². The fourth-order valence-corrected chi connectivity index (χ4v) is 4.02. The number of carbonyl (C=O) groups is 3. The Labute approximate surface area is 169 Å². The minimum absolute atomic E-state index is 0.0806. The Hall–Kier alpha value is -2.93. The van der Waals surface area contributed by atoms with Gasteiger partial charge in [0, 0.05) is 24.7 Å². The van der Waals surface area contributed by atoms with Crippen LogP contribution in [0, 0.1) is 0 Å². The first-order valence-corrected chi connectivity index (χ1v) is 10.1. The first-order chi connectivity index (χ1) is 14.1. The number of nitrogens with zero attached hydrogens (tertiary/aromatic N) is 2. The maximum absolute atomic E-state index is 12.7. The molecule has 2 aliphatic rings. The van der Waals surface area contributed by atoms with Gasteiger partial charge in [-0.05, 0) is 56.1 Å². The predicted molar refractivity (Wildman–Crippen MR) is 107 cm³/mol. The van der Waals surface area contributed by atoms with Crippen molar-refractivity contribution in [1.82, 2.24) is 15.1 Å². The van der Waals surface area contributed by atoms with Gasteiger partial charge in [-0.3, -0.25) is 19.3 Å². The van der Waals surface area contributed by atoms with E-state index in [4.69, 9.17) is 4.42 Å². The molecule has 0 spiro atoms. The minimum atomic E-state index is -0.399. The van der Waals surface area contributed by atoms with E-state index in [1.54, 1.807) is 24.3 Å². The zero-order chi connectivity index (χ0) is 20.4. The van der Waals surface area contributed by atoms with Crippen LogP contribution in [0.25, 0.3) is 0 Å². The molecule has 0 bridgehead atoms. The first-order valence-electron chi connectivity index (χ1n) is 10.1. The lowest BCUT2D eigenvalue weighted by molar-refractivity contribution is 0.0631. The van der Waals surface area contributed by atoms with E-state index < -0.39 is 5.91 Å². The number of imide groups is 1. The lowest BCUT2D eigenvalue weighted by atomic mass is 10.0. The summed E-state index contributed by atoms with van der Waals surface area (Å²) in [5, 5.41) is 3.07. The summed E-state index contributed by atoms with van der Waals surface area (Å²) in [4.78, 5) is 41.6. The van der Waals surface area contributed by atoms with Crippen molar-refractivity contribution in [3.8, 4) is 0 Å². The lowest BCUT2D eigenvalue weighted by Crippen LogP contribution is -2.44. The van der Waals surface area contributed by atoms with E-state index in [1.165, 1.54) is 12.3 Å². The Bertz CT molecular complexity index is 914. The molecule has 1 aromatic carbocycles. The number of fused-ring (bicyclic) bond motifs is 1. The monoisotopic (exact) mass is 395 g/mol. The number of hydrogen-bond donors (Lipinski definition) is 1. The maximum Gasteiger partial charge on any atom is 0.261 e. The molecule has 7 nitrogen and oxygen atoms in total. The molecule has 0 unspecified atom stereocenters. The van der Waals surface area contributed by atoms with Crippen LogP contribution in [0.2, 0.25) is 0 Å². The van der Waals surface area contributed by atoms with Crippen LogP contribution in [-0.2, 0) is 6.54 Å². The van der Waals surface area contributed by atoms with Gasteiger partial charge in [-0.1, -0.05) is 6.92 Å². The molecule has 7 heteroatoms. The number of carbonyl (C=O) groups excluding carboxylic acids is 3. The van der Waals surface area contributed by atoms with Gasteiger partial charge in [0.2, 0.25) is 0 Å². The van der Waals surface area contributed by atoms with Gasteiger partial charge in [-0.15, -0.1) is 0 Å². The molecule has 2 aromatic rings. The van der Waals surface area contributed by atoms with E-state index in [1.807, 2.05) is 0 Å². The van der Waals surface area contributed by atoms with Crippen molar-refractivity contribution in [2.75, 3.05) is 19.6 Å². The van der Waals surface area contributed by atoms with Crippen LogP contribution in [-0.4, -0.2) is 53.2 Å². The van der Waals surface area contributed by atoms with Crippen molar-refractivity contribution in [2.45, 2.75) is 38.8 Å². The molecular weight excluding hydrogens is 370 g/mol. The van der Waals surface area contributed by atoms with E-state index >= 15 is 0 Å². The average Bonchev–Trinajstić information content (AvgIpc) is 3.32. The molecule has 1 N–H and O–H groups in total. The second-order valence-electron chi connectivity index (χ2n) is 7.63. The van der Waals surface area contributed by atoms with E-state index in [0.717, 1.165) is 43.8 Å². The largest absolute Gasteiger partial charge is 0.467 e. The molecule has 1 aromatic heterocycles. The Morgan fingerprint density at radius 1 is 1.14 bits per heavy atom. The smallest absolute Gasteiger partial charge is 0.261 e. The molecule has 0 saturated carbocycles. The molecule has 1 fully saturated rings. The summed E-state index contributed by atoms with van der Waals surface area (Å²) in [5.74, 6) is -0.432. The van der Waals surface area contributed by atoms with Gasteiger partial charge in [0.05, 0.1) is 23.9 Å². The second-order valence-corrected chi connectivity index (χ2v) is 7.63. The van der Waals surface area contributed by atoms with Crippen LogP contribution < -0.4 is 5.32 Å². The van der Waals surface area contributed by atoms with Crippen LogP contribution >= 0.6 is 0 Å². The zero-order valence-corrected chi connectivity index (χ0v) is 16.5. The third-order valence-corrected chi connectivity index (χ3v) is 5.59. The number of likely N-dealkylation sites (tertiary alicyclic amines) is 1. The third kappa shape index (κ3) is 3.96. The molecule has 0 radical (unpaired) electrons. The maximum atomic E-state index is 12.7. The molecule has 3 heterocycles. The van der Waals surface area contributed by atoms with Gasteiger partial charge >= 0.3 is 0 Å². The van der Waals surface area contributed by atoms with Crippen molar-refractivity contribution in [2.24, 2.45) is 0 Å². The first kappa shape index (κ1) is 19.4. The van der Waals surface area contributed by atoms with Gasteiger partial charge in [0.1, 0.15) is 5.76 Å². The fourth-order valence-electron chi connectivity index (χ4n) is 4.02. The molecule has 152 valence electrons. The number of rotatable bonds is 6. The molecule has 3 amide bonds. The summed E-state index contributed by atoms with van der Waals surface area (Å²) in [6.07, 6.45) is 4.48. The molecule has 4 rings (SSSR count). The Kier molecular flexibility index (Phi) is 5.49. The topological polar surface area (TPSA) is 82.9 Å². The number of hydrogen-bond acceptors (Lipinski definition) is 5. The summed E-state index contributed by atoms with van der Waals surface area (Å²) in [6, 6.07) is 8.27. The van der Waals surface area contributed by atoms with Crippen LogP contribution in [0.15, 0.2) is 41.0 Å². The van der Waals surface area contributed by atoms with Crippen molar-refractivity contribution in [3.63, 3.8) is 0 Å². The number of benzene rings is 1. The second kappa shape index (κ2) is 8.21. The van der Waals surface area contributed by atoms with Crippen LogP contribution in [0.5, 0.6) is 0 Å². The highest BCUT2D eigenvalue weighted by molar-refractivity contribution is 6.22. The standard InChI is InChI=1S/C22H25N3O4/c1-2-9-24-10-7-16(8-11-24)23-20(26)15-5-6-18-19(13-15)22(28)25(21(18)27)14-17-4-3-12-29-17/h3-6,12-13,16H,2,7-11,14H2,1H3,(H,23,26). The number of furan rings is 1. The van der Waals surface area contributed by atoms with Crippen molar-refractivity contribution in [3.05, 3.63) is 59.0 Å². The molecule has 2 aliphatic heterocycles. The summed E-state index contributed by atoms with van der Waals surface area (Å²) < 4.78 is 5.25. The fraction of sp³-hybridized carbons (Fsp3) is 0.409. The number of nitrogens with one attached hydrogen (secondary N) is 1. The summed E-state index contributed by atoms with van der Waals surface area (Å²) in [6.45, 7) is 5.31. The summed E-state index contributed by atoms with van der Waals surface area (Å²) >= 11 is 0. The molecule has 1 saturated heterocycles. The highest BCUT2D eigenvalue weighted by atomic mass is 16.3. The lowest BCUT2D eigenvalue weighted by Gasteiger charge is -2.32. The van der Waals surface area contributed by atoms with E-state index in [9.17, 15) is 14.4 Å². The van der Waals surface area contributed by atoms with Gasteiger partial charge in [0.15, 0.2) is 0 Å². The summed E-state index contributed by atoms with van der Waals surface area (Å²) in [5.41, 5.74) is 0.999. The zero-order valence-electron chi connectivity index (χ0n) is 16.5. The predicted octanol–water partition coefficient (Wildman–Crippen LogP) is 2.68. The molecule has 0 atom stereocenters. The van der Waals surface area contributed by atoms with Crippen molar-refractivity contribution < 1.29 is 18.8 Å². The van der Waals surface area contributed by atoms with Crippen LogP contribution in [0.4, 0.5) is 0 Å². The third-order valence-electron chi connectivity index (χ3n) is 5.59. The Balaban J connectivity index is 1.43. The van der Waals surface area contributed by atoms with E-state index in [0.29, 0.717) is 16.9 Å². The van der Waals surface area contributed by atoms with Crippen LogP contribution in [0.1, 0.15) is 63.0 Å². The van der Waals surface area contributed by atoms with Crippen LogP contribution in [0.3, 0.4) is 0 Å². The highest BCUT2D eigenvalue weighted by Crippen LogP contribution is 2.26. The van der Waals surface area contributed by atoms with Crippen molar-refractivity contribution in [1.29, 1.82) is 0 Å². The van der Waals surface area contributed by atoms with Gasteiger partial charge in [0.25, 0.3) is 17.7 Å². The van der Waals surface area contributed by atoms with E-state index in [2.05, 4.69) is 17.1 Å². The van der Waals surface area contributed by atoms with Gasteiger partial charge in [-0.25, -0.2) is 0 Å². The Morgan fingerprint density at radius 2 is 1.90 bits per heavy atom. The Morgan fingerprint density at radius 3 is 2.59 bits per heavy atom. The number of piperidine rings is 1. The van der Waals surface area contributed by atoms with Gasteiger partial charge < -0.3 is 14.6 Å². The molecular formula is C22H25N3O4. The van der Waals surface area contributed by atoms with Gasteiger partial charge in [-0.2, -0.15) is 0 Å². The molecule has 29 heavy (non-hydrogen) atoms. The summed E-state index contributed by atoms with van der Waals surface area (Å²) in [7, 11) is 0. The number of amides is 3. The minimum Gasteiger partial charge on any atom is -0.467 e. The van der Waals surface area contributed by atoms with Crippen molar-refractivity contribution >= 4 is 17.7 Å².